The lowest BCUT2D eigenvalue weighted by molar-refractivity contribution is 0.149. The number of nitrogens with one attached hydrogen (secondary N) is 1. The standard InChI is InChI=1S/C16H20N6O2/c1-9-11(6-21(2)20-9)14-4-3-10(18-19-14)5-17-15-12-7-22(16(23)24)8-13(12)15/h3-4,6,12-13,15,17H,5,7-8H2,1-2H3,(H,23,24)/t12-,13+,15-. The zero-order valence-corrected chi connectivity index (χ0v) is 13.7. The summed E-state index contributed by atoms with van der Waals surface area (Å²) in [6.45, 7) is 3.90. The molecule has 8 nitrogen and oxygen atoms in total. The first-order chi connectivity index (χ1) is 11.5. The van der Waals surface area contributed by atoms with Gasteiger partial charge >= 0.3 is 6.09 Å². The maximum atomic E-state index is 10.9. The van der Waals surface area contributed by atoms with Crippen molar-refractivity contribution < 1.29 is 9.90 Å². The Labute approximate surface area is 139 Å². The van der Waals surface area contributed by atoms with Gasteiger partial charge in [0.05, 0.1) is 17.1 Å². The van der Waals surface area contributed by atoms with Gasteiger partial charge < -0.3 is 15.3 Å². The zero-order valence-electron chi connectivity index (χ0n) is 13.7. The van der Waals surface area contributed by atoms with E-state index in [2.05, 4.69) is 20.6 Å². The Hall–Kier alpha value is -2.48. The lowest BCUT2D eigenvalue weighted by atomic mass is 10.2. The maximum Gasteiger partial charge on any atom is 0.407 e. The number of aromatic nitrogens is 4. The number of fused-ring (bicyclic) bond motifs is 1. The molecule has 1 aliphatic carbocycles. The highest BCUT2D eigenvalue weighted by molar-refractivity contribution is 5.66. The first-order valence-electron chi connectivity index (χ1n) is 8.07. The number of rotatable bonds is 4. The quantitative estimate of drug-likeness (QED) is 0.865. The average Bonchev–Trinajstić information content (AvgIpc) is 2.88. The second-order valence-electron chi connectivity index (χ2n) is 6.63. The molecule has 2 aromatic heterocycles. The van der Waals surface area contributed by atoms with E-state index in [1.54, 1.807) is 4.68 Å². The van der Waals surface area contributed by atoms with Gasteiger partial charge in [-0.1, -0.05) is 0 Å². The molecule has 0 spiro atoms. The molecule has 2 N–H and O–H groups in total. The Bertz CT molecular complexity index is 759. The molecule has 4 rings (SSSR count). The third-order valence-electron chi connectivity index (χ3n) is 4.99. The predicted molar refractivity (Wildman–Crippen MR) is 86.2 cm³/mol. The van der Waals surface area contributed by atoms with E-state index in [-0.39, 0.29) is 0 Å². The molecule has 0 radical (unpaired) electrons. The monoisotopic (exact) mass is 328 g/mol. The van der Waals surface area contributed by atoms with E-state index in [1.165, 1.54) is 4.90 Å². The van der Waals surface area contributed by atoms with Crippen LogP contribution in [0.25, 0.3) is 11.3 Å². The maximum absolute atomic E-state index is 10.9. The number of hydrogen-bond acceptors (Lipinski definition) is 5. The normalized spacial score (nSPS) is 24.9. The number of amides is 1. The van der Waals surface area contributed by atoms with E-state index < -0.39 is 6.09 Å². The number of carbonyl (C=O) groups is 1. The topological polar surface area (TPSA) is 96.2 Å². The summed E-state index contributed by atoms with van der Waals surface area (Å²) >= 11 is 0. The SMILES string of the molecule is Cc1nn(C)cc1-c1ccc(CN[C@@H]2[C@@H]3CN(C(=O)O)C[C@@H]32)nn1. The van der Waals surface area contributed by atoms with Gasteiger partial charge in [-0.2, -0.15) is 15.3 Å². The minimum atomic E-state index is -0.812. The summed E-state index contributed by atoms with van der Waals surface area (Å²) in [7, 11) is 1.89. The van der Waals surface area contributed by atoms with Crippen LogP contribution >= 0.6 is 0 Å². The van der Waals surface area contributed by atoms with Crippen LogP contribution in [-0.2, 0) is 13.6 Å². The number of aryl methyl sites for hydroxylation is 2. The van der Waals surface area contributed by atoms with Crippen molar-refractivity contribution in [2.75, 3.05) is 13.1 Å². The lowest BCUT2D eigenvalue weighted by Gasteiger charge is -2.16. The molecule has 0 aromatic carbocycles. The molecule has 126 valence electrons. The van der Waals surface area contributed by atoms with Gasteiger partial charge in [-0.05, 0) is 30.9 Å². The van der Waals surface area contributed by atoms with E-state index in [4.69, 9.17) is 5.11 Å². The van der Waals surface area contributed by atoms with Gasteiger partial charge in [-0.3, -0.25) is 4.68 Å². The lowest BCUT2D eigenvalue weighted by Crippen LogP contribution is -2.34. The van der Waals surface area contributed by atoms with Gasteiger partial charge in [-0.15, -0.1) is 0 Å². The molecule has 1 amide bonds. The van der Waals surface area contributed by atoms with E-state index in [0.29, 0.717) is 37.5 Å². The first-order valence-corrected chi connectivity index (χ1v) is 8.07. The summed E-state index contributed by atoms with van der Waals surface area (Å²) in [6, 6.07) is 4.35. The molecule has 0 bridgehead atoms. The summed E-state index contributed by atoms with van der Waals surface area (Å²) in [5.74, 6) is 0.901. The fraction of sp³-hybridized carbons (Fsp3) is 0.500. The molecular weight excluding hydrogens is 308 g/mol. The first kappa shape index (κ1) is 15.1. The number of nitrogens with zero attached hydrogens (tertiary/aromatic N) is 5. The van der Waals surface area contributed by atoms with E-state index in [1.807, 2.05) is 32.3 Å². The second kappa shape index (κ2) is 5.55. The number of hydrogen-bond donors (Lipinski definition) is 2. The third-order valence-corrected chi connectivity index (χ3v) is 4.99. The van der Waals surface area contributed by atoms with Crippen molar-refractivity contribution in [2.24, 2.45) is 18.9 Å². The largest absolute Gasteiger partial charge is 0.465 e. The van der Waals surface area contributed by atoms with Gasteiger partial charge in [0.25, 0.3) is 0 Å². The zero-order chi connectivity index (χ0) is 16.8. The van der Waals surface area contributed by atoms with Crippen molar-refractivity contribution >= 4 is 6.09 Å². The molecule has 3 heterocycles. The molecule has 2 aromatic rings. The van der Waals surface area contributed by atoms with Crippen molar-refractivity contribution in [1.29, 1.82) is 0 Å². The molecular formula is C16H20N6O2. The summed E-state index contributed by atoms with van der Waals surface area (Å²) in [5.41, 5.74) is 3.64. The average molecular weight is 328 g/mol. The van der Waals surface area contributed by atoms with E-state index in [9.17, 15) is 4.79 Å². The number of carboxylic acid groups (broad SMARTS) is 1. The molecule has 3 atom stereocenters. The summed E-state index contributed by atoms with van der Waals surface area (Å²) in [6.07, 6.45) is 1.13. The number of piperidine rings is 1. The van der Waals surface area contributed by atoms with Crippen molar-refractivity contribution in [2.45, 2.75) is 19.5 Å². The minimum absolute atomic E-state index is 0.405. The van der Waals surface area contributed by atoms with Gasteiger partial charge in [0.15, 0.2) is 0 Å². The van der Waals surface area contributed by atoms with Crippen molar-refractivity contribution in [1.82, 2.24) is 30.2 Å². The number of likely N-dealkylation sites (tertiary alicyclic amines) is 1. The van der Waals surface area contributed by atoms with Crippen LogP contribution in [0.1, 0.15) is 11.4 Å². The fourth-order valence-corrected chi connectivity index (χ4v) is 3.66. The van der Waals surface area contributed by atoms with Crippen LogP contribution in [-0.4, -0.2) is 55.2 Å². The van der Waals surface area contributed by atoms with E-state index >= 15 is 0 Å². The van der Waals surface area contributed by atoms with Crippen LogP contribution in [0.15, 0.2) is 18.3 Å². The smallest absolute Gasteiger partial charge is 0.407 e. The van der Waals surface area contributed by atoms with Crippen LogP contribution in [0, 0.1) is 18.8 Å². The molecule has 1 saturated heterocycles. The third kappa shape index (κ3) is 2.62. The molecule has 24 heavy (non-hydrogen) atoms. The highest BCUT2D eigenvalue weighted by Gasteiger charge is 2.56. The Balaban J connectivity index is 1.33. The van der Waals surface area contributed by atoms with Gasteiger partial charge in [-0.25, -0.2) is 4.79 Å². The highest BCUT2D eigenvalue weighted by Crippen LogP contribution is 2.45. The minimum Gasteiger partial charge on any atom is -0.465 e. The fourth-order valence-electron chi connectivity index (χ4n) is 3.66. The van der Waals surface area contributed by atoms with Gasteiger partial charge in [0.2, 0.25) is 0 Å². The van der Waals surface area contributed by atoms with Crippen molar-refractivity contribution in [3.05, 3.63) is 29.7 Å². The molecule has 8 heteroatoms. The molecule has 2 fully saturated rings. The molecule has 1 aliphatic heterocycles. The summed E-state index contributed by atoms with van der Waals surface area (Å²) in [5, 5.41) is 25.3. The summed E-state index contributed by atoms with van der Waals surface area (Å²) < 4.78 is 1.77. The Morgan fingerprint density at radius 1 is 1.33 bits per heavy atom. The van der Waals surface area contributed by atoms with Crippen LogP contribution in [0.5, 0.6) is 0 Å². The van der Waals surface area contributed by atoms with Crippen LogP contribution in [0.3, 0.4) is 0 Å². The Morgan fingerprint density at radius 2 is 2.08 bits per heavy atom. The second-order valence-corrected chi connectivity index (χ2v) is 6.63. The van der Waals surface area contributed by atoms with Crippen LogP contribution < -0.4 is 5.32 Å². The van der Waals surface area contributed by atoms with Gasteiger partial charge in [0, 0.05) is 44.5 Å². The van der Waals surface area contributed by atoms with Crippen molar-refractivity contribution in [3.63, 3.8) is 0 Å². The Kier molecular flexibility index (Phi) is 3.49. The molecule has 1 saturated carbocycles. The van der Waals surface area contributed by atoms with Gasteiger partial charge in [0.1, 0.15) is 0 Å². The highest BCUT2D eigenvalue weighted by atomic mass is 16.4. The summed E-state index contributed by atoms with van der Waals surface area (Å²) in [4.78, 5) is 12.4. The Morgan fingerprint density at radius 3 is 2.62 bits per heavy atom. The molecule has 0 unspecified atom stereocenters. The van der Waals surface area contributed by atoms with Crippen molar-refractivity contribution in [3.8, 4) is 11.3 Å². The molecule has 2 aliphatic rings. The van der Waals surface area contributed by atoms with Crippen LogP contribution in [0.2, 0.25) is 0 Å². The predicted octanol–water partition coefficient (Wildman–Crippen LogP) is 0.883. The van der Waals surface area contributed by atoms with E-state index in [0.717, 1.165) is 22.6 Å². The van der Waals surface area contributed by atoms with Crippen LogP contribution in [0.4, 0.5) is 4.79 Å².